The molecule has 1 amide bonds. The standard InChI is InChI=1S/C15H19ClN2O/c1-12(2)11-18(9-5-8-17)15(19)10-13-6-3-4-7-14(13)16/h3-4,6-7,12H,5,9-11H2,1-2H3. The zero-order chi connectivity index (χ0) is 14.3. The van der Waals surface area contributed by atoms with E-state index < -0.39 is 0 Å². The lowest BCUT2D eigenvalue weighted by Gasteiger charge is -2.24. The molecule has 0 bridgehead atoms. The fourth-order valence-corrected chi connectivity index (χ4v) is 2.06. The van der Waals surface area contributed by atoms with Gasteiger partial charge in [0, 0.05) is 18.1 Å². The number of nitriles is 1. The Morgan fingerprint density at radius 3 is 2.68 bits per heavy atom. The van der Waals surface area contributed by atoms with Crippen molar-refractivity contribution in [3.8, 4) is 6.07 Å². The van der Waals surface area contributed by atoms with Crippen LogP contribution in [0.5, 0.6) is 0 Å². The molecule has 0 aliphatic carbocycles. The van der Waals surface area contributed by atoms with Crippen molar-refractivity contribution in [2.75, 3.05) is 13.1 Å². The average molecular weight is 279 g/mol. The summed E-state index contributed by atoms with van der Waals surface area (Å²) < 4.78 is 0. The van der Waals surface area contributed by atoms with Crippen LogP contribution in [-0.2, 0) is 11.2 Å². The lowest BCUT2D eigenvalue weighted by molar-refractivity contribution is -0.130. The molecule has 0 N–H and O–H groups in total. The van der Waals surface area contributed by atoms with E-state index in [0.717, 1.165) is 5.56 Å². The van der Waals surface area contributed by atoms with Gasteiger partial charge >= 0.3 is 0 Å². The van der Waals surface area contributed by atoms with Crippen LogP contribution in [0.1, 0.15) is 25.8 Å². The molecule has 1 rings (SSSR count). The number of amides is 1. The first-order valence-corrected chi connectivity index (χ1v) is 6.80. The van der Waals surface area contributed by atoms with Crippen molar-refractivity contribution in [2.24, 2.45) is 5.92 Å². The van der Waals surface area contributed by atoms with Crippen molar-refractivity contribution < 1.29 is 4.79 Å². The molecule has 0 atom stereocenters. The summed E-state index contributed by atoms with van der Waals surface area (Å²) in [7, 11) is 0. The molecule has 102 valence electrons. The van der Waals surface area contributed by atoms with Crippen molar-refractivity contribution in [3.05, 3.63) is 34.9 Å². The van der Waals surface area contributed by atoms with E-state index in [2.05, 4.69) is 19.9 Å². The van der Waals surface area contributed by atoms with Gasteiger partial charge in [0.25, 0.3) is 0 Å². The summed E-state index contributed by atoms with van der Waals surface area (Å²) in [4.78, 5) is 14.0. The molecule has 0 spiro atoms. The third kappa shape index (κ3) is 5.32. The number of hydrogen-bond acceptors (Lipinski definition) is 2. The first-order valence-electron chi connectivity index (χ1n) is 6.42. The maximum absolute atomic E-state index is 12.3. The van der Waals surface area contributed by atoms with Gasteiger partial charge in [-0.1, -0.05) is 43.6 Å². The zero-order valence-electron chi connectivity index (χ0n) is 11.4. The van der Waals surface area contributed by atoms with Crippen LogP contribution in [-0.4, -0.2) is 23.9 Å². The van der Waals surface area contributed by atoms with Gasteiger partial charge in [-0.15, -0.1) is 0 Å². The van der Waals surface area contributed by atoms with Crippen LogP contribution in [0, 0.1) is 17.2 Å². The highest BCUT2D eigenvalue weighted by molar-refractivity contribution is 6.31. The lowest BCUT2D eigenvalue weighted by Crippen LogP contribution is -2.36. The zero-order valence-corrected chi connectivity index (χ0v) is 12.2. The maximum atomic E-state index is 12.3. The van der Waals surface area contributed by atoms with Crippen molar-refractivity contribution in [1.29, 1.82) is 5.26 Å². The second-order valence-corrected chi connectivity index (χ2v) is 5.32. The topological polar surface area (TPSA) is 44.1 Å². The third-order valence-corrected chi connectivity index (χ3v) is 3.10. The Balaban J connectivity index is 2.71. The number of carbonyl (C=O) groups excluding carboxylic acids is 1. The molecule has 0 saturated carbocycles. The molecule has 0 fully saturated rings. The van der Waals surface area contributed by atoms with Crippen LogP contribution >= 0.6 is 11.6 Å². The van der Waals surface area contributed by atoms with E-state index in [1.165, 1.54) is 0 Å². The van der Waals surface area contributed by atoms with E-state index in [0.29, 0.717) is 30.5 Å². The highest BCUT2D eigenvalue weighted by Gasteiger charge is 2.16. The monoisotopic (exact) mass is 278 g/mol. The van der Waals surface area contributed by atoms with Crippen LogP contribution in [0.4, 0.5) is 0 Å². The summed E-state index contributed by atoms with van der Waals surface area (Å²) >= 11 is 6.06. The van der Waals surface area contributed by atoms with Gasteiger partial charge in [-0.25, -0.2) is 0 Å². The summed E-state index contributed by atoms with van der Waals surface area (Å²) in [6.07, 6.45) is 0.652. The molecular formula is C15H19ClN2O. The number of nitrogens with zero attached hydrogens (tertiary/aromatic N) is 2. The quantitative estimate of drug-likeness (QED) is 0.801. The van der Waals surface area contributed by atoms with Gasteiger partial charge in [-0.3, -0.25) is 4.79 Å². The highest BCUT2D eigenvalue weighted by atomic mass is 35.5. The van der Waals surface area contributed by atoms with E-state index in [1.807, 2.05) is 18.2 Å². The second-order valence-electron chi connectivity index (χ2n) is 4.91. The number of benzene rings is 1. The molecule has 19 heavy (non-hydrogen) atoms. The Hall–Kier alpha value is -1.53. The van der Waals surface area contributed by atoms with E-state index in [4.69, 9.17) is 16.9 Å². The van der Waals surface area contributed by atoms with Gasteiger partial charge in [-0.2, -0.15) is 5.26 Å². The summed E-state index contributed by atoms with van der Waals surface area (Å²) in [5, 5.41) is 9.27. The SMILES string of the molecule is CC(C)CN(CCC#N)C(=O)Cc1ccccc1Cl. The molecule has 1 aromatic carbocycles. The first-order chi connectivity index (χ1) is 9.04. The molecule has 0 aliphatic rings. The second kappa shape index (κ2) is 7.81. The molecule has 0 radical (unpaired) electrons. The van der Waals surface area contributed by atoms with Crippen molar-refractivity contribution >= 4 is 17.5 Å². The fraction of sp³-hybridized carbons (Fsp3) is 0.467. The van der Waals surface area contributed by atoms with Crippen LogP contribution in [0.15, 0.2) is 24.3 Å². The average Bonchev–Trinajstić information content (AvgIpc) is 2.36. The fourth-order valence-electron chi connectivity index (χ4n) is 1.86. The van der Waals surface area contributed by atoms with Crippen molar-refractivity contribution in [1.82, 2.24) is 4.90 Å². The van der Waals surface area contributed by atoms with E-state index in [1.54, 1.807) is 11.0 Å². The third-order valence-electron chi connectivity index (χ3n) is 2.73. The van der Waals surface area contributed by atoms with Gasteiger partial charge < -0.3 is 4.90 Å². The van der Waals surface area contributed by atoms with Gasteiger partial charge in [0.15, 0.2) is 0 Å². The molecule has 0 aromatic heterocycles. The maximum Gasteiger partial charge on any atom is 0.227 e. The lowest BCUT2D eigenvalue weighted by atomic mass is 10.1. The highest BCUT2D eigenvalue weighted by Crippen LogP contribution is 2.16. The van der Waals surface area contributed by atoms with E-state index in [9.17, 15) is 4.79 Å². The minimum Gasteiger partial charge on any atom is -0.341 e. The minimum absolute atomic E-state index is 0.0250. The Kier molecular flexibility index (Phi) is 6.38. The van der Waals surface area contributed by atoms with Crippen molar-refractivity contribution in [2.45, 2.75) is 26.7 Å². The van der Waals surface area contributed by atoms with Crippen LogP contribution in [0.2, 0.25) is 5.02 Å². The minimum atomic E-state index is 0.0250. The Labute approximate surface area is 119 Å². The Bertz CT molecular complexity index is 465. The number of rotatable bonds is 6. The van der Waals surface area contributed by atoms with Gasteiger partial charge in [0.2, 0.25) is 5.91 Å². The molecule has 3 nitrogen and oxygen atoms in total. The molecule has 1 aromatic rings. The molecule has 0 heterocycles. The molecular weight excluding hydrogens is 260 g/mol. The molecule has 4 heteroatoms. The smallest absolute Gasteiger partial charge is 0.227 e. The largest absolute Gasteiger partial charge is 0.341 e. The predicted molar refractivity (Wildman–Crippen MR) is 76.8 cm³/mol. The predicted octanol–water partition coefficient (Wildman–Crippen LogP) is 3.28. The Morgan fingerprint density at radius 2 is 2.11 bits per heavy atom. The van der Waals surface area contributed by atoms with E-state index >= 15 is 0 Å². The molecule has 0 unspecified atom stereocenters. The van der Waals surface area contributed by atoms with Crippen LogP contribution in [0.3, 0.4) is 0 Å². The van der Waals surface area contributed by atoms with Gasteiger partial charge in [0.1, 0.15) is 0 Å². The number of hydrogen-bond donors (Lipinski definition) is 0. The van der Waals surface area contributed by atoms with Crippen molar-refractivity contribution in [3.63, 3.8) is 0 Å². The van der Waals surface area contributed by atoms with Crippen LogP contribution in [0.25, 0.3) is 0 Å². The normalized spacial score (nSPS) is 10.3. The molecule has 0 aliphatic heterocycles. The summed E-state index contributed by atoms with van der Waals surface area (Å²) in [6, 6.07) is 9.44. The summed E-state index contributed by atoms with van der Waals surface area (Å²) in [5.41, 5.74) is 0.833. The summed E-state index contributed by atoms with van der Waals surface area (Å²) in [6.45, 7) is 5.27. The number of carbonyl (C=O) groups is 1. The Morgan fingerprint density at radius 1 is 1.42 bits per heavy atom. The van der Waals surface area contributed by atoms with E-state index in [-0.39, 0.29) is 12.3 Å². The molecule has 0 saturated heterocycles. The van der Waals surface area contributed by atoms with Gasteiger partial charge in [-0.05, 0) is 17.5 Å². The summed E-state index contributed by atoms with van der Waals surface area (Å²) in [5.74, 6) is 0.408. The first kappa shape index (κ1) is 15.5. The number of halogens is 1. The van der Waals surface area contributed by atoms with Crippen LogP contribution < -0.4 is 0 Å². The van der Waals surface area contributed by atoms with Gasteiger partial charge in [0.05, 0.1) is 18.9 Å².